The molecule has 0 bridgehead atoms. The number of carbonyl (C=O) groups excluding carboxylic acids is 2. The molecule has 0 fully saturated rings. The summed E-state index contributed by atoms with van der Waals surface area (Å²) >= 11 is 0. The summed E-state index contributed by atoms with van der Waals surface area (Å²) in [7, 11) is 2.82. The fourth-order valence-corrected chi connectivity index (χ4v) is 1.36. The van der Waals surface area contributed by atoms with Gasteiger partial charge in [0.2, 0.25) is 5.91 Å². The van der Waals surface area contributed by atoms with Crippen molar-refractivity contribution in [3.8, 4) is 5.75 Å². The molecular weight excluding hydrogens is 222 g/mol. The van der Waals surface area contributed by atoms with Crippen molar-refractivity contribution in [3.63, 3.8) is 0 Å². The third-order valence-corrected chi connectivity index (χ3v) is 2.21. The zero-order valence-corrected chi connectivity index (χ0v) is 10.1. The van der Waals surface area contributed by atoms with E-state index in [1.54, 1.807) is 25.3 Å². The van der Waals surface area contributed by atoms with Gasteiger partial charge in [-0.05, 0) is 30.7 Å². The Labute approximate surface area is 99.7 Å². The highest BCUT2D eigenvalue weighted by molar-refractivity contribution is 6.01. The molecule has 1 aromatic rings. The number of aryl methyl sites for hydroxylation is 1. The molecule has 5 heteroatoms. The molecule has 0 saturated heterocycles. The normalized spacial score (nSPS) is 9.59. The Hall–Kier alpha value is -2.04. The van der Waals surface area contributed by atoms with Gasteiger partial charge in [0.05, 0.1) is 14.2 Å². The molecule has 0 spiro atoms. The van der Waals surface area contributed by atoms with Crippen molar-refractivity contribution >= 4 is 17.6 Å². The quantitative estimate of drug-likeness (QED) is 0.636. The molecule has 0 heterocycles. The highest BCUT2D eigenvalue weighted by Crippen LogP contribution is 2.21. The van der Waals surface area contributed by atoms with Crippen LogP contribution in [0.1, 0.15) is 12.0 Å². The number of nitrogens with one attached hydrogen (secondary N) is 1. The van der Waals surface area contributed by atoms with E-state index in [4.69, 9.17) is 4.74 Å². The van der Waals surface area contributed by atoms with E-state index in [2.05, 4.69) is 10.1 Å². The second kappa shape index (κ2) is 5.89. The van der Waals surface area contributed by atoms with Crippen molar-refractivity contribution in [2.45, 2.75) is 13.3 Å². The maximum atomic E-state index is 11.4. The lowest BCUT2D eigenvalue weighted by Crippen LogP contribution is -2.17. The molecule has 1 N–H and O–H groups in total. The van der Waals surface area contributed by atoms with Crippen LogP contribution in [0.2, 0.25) is 0 Å². The molecule has 0 radical (unpaired) electrons. The summed E-state index contributed by atoms with van der Waals surface area (Å²) in [5.41, 5.74) is 1.53. The van der Waals surface area contributed by atoms with Crippen LogP contribution in [0.4, 0.5) is 5.69 Å². The van der Waals surface area contributed by atoms with Gasteiger partial charge >= 0.3 is 5.97 Å². The maximum Gasteiger partial charge on any atom is 0.315 e. The summed E-state index contributed by atoms with van der Waals surface area (Å²) in [5, 5.41) is 2.60. The Morgan fingerprint density at radius 1 is 1.29 bits per heavy atom. The van der Waals surface area contributed by atoms with Crippen LogP contribution in [-0.2, 0) is 14.3 Å². The summed E-state index contributed by atoms with van der Waals surface area (Å²) in [6.45, 7) is 1.87. The first-order chi connectivity index (χ1) is 8.06. The van der Waals surface area contributed by atoms with E-state index >= 15 is 0 Å². The number of amides is 1. The Balaban J connectivity index is 2.66. The zero-order valence-electron chi connectivity index (χ0n) is 10.1. The molecule has 0 saturated carbocycles. The maximum absolute atomic E-state index is 11.4. The average molecular weight is 237 g/mol. The number of benzene rings is 1. The van der Waals surface area contributed by atoms with Gasteiger partial charge in [0.1, 0.15) is 12.2 Å². The van der Waals surface area contributed by atoms with Crippen molar-refractivity contribution in [1.82, 2.24) is 0 Å². The third kappa shape index (κ3) is 3.79. The van der Waals surface area contributed by atoms with E-state index in [1.165, 1.54) is 7.11 Å². The van der Waals surface area contributed by atoms with E-state index in [0.717, 1.165) is 11.3 Å². The van der Waals surface area contributed by atoms with E-state index in [-0.39, 0.29) is 6.42 Å². The number of rotatable bonds is 4. The van der Waals surface area contributed by atoms with Crippen molar-refractivity contribution in [1.29, 1.82) is 0 Å². The smallest absolute Gasteiger partial charge is 0.315 e. The molecule has 1 rings (SSSR count). The summed E-state index contributed by atoms with van der Waals surface area (Å²) in [5.74, 6) is -0.217. The van der Waals surface area contributed by atoms with Gasteiger partial charge in [0, 0.05) is 5.69 Å². The van der Waals surface area contributed by atoms with E-state index < -0.39 is 11.9 Å². The highest BCUT2D eigenvalue weighted by atomic mass is 16.5. The topological polar surface area (TPSA) is 64.6 Å². The number of esters is 1. The summed E-state index contributed by atoms with van der Waals surface area (Å²) in [4.78, 5) is 22.3. The van der Waals surface area contributed by atoms with Crippen LogP contribution >= 0.6 is 0 Å². The standard InChI is InChI=1S/C12H15NO4/c1-8-6-9(4-5-10(8)16-2)13-11(14)7-12(15)17-3/h4-6H,7H2,1-3H3,(H,13,14). The molecular formula is C12H15NO4. The Kier molecular flexibility index (Phi) is 4.51. The molecule has 17 heavy (non-hydrogen) atoms. The molecule has 0 aromatic heterocycles. The minimum absolute atomic E-state index is 0.290. The number of carbonyl (C=O) groups is 2. The van der Waals surface area contributed by atoms with Crippen LogP contribution in [0.15, 0.2) is 18.2 Å². The average Bonchev–Trinajstić information content (AvgIpc) is 2.29. The molecule has 1 aromatic carbocycles. The minimum atomic E-state index is -0.562. The van der Waals surface area contributed by atoms with Crippen molar-refractivity contribution in [2.24, 2.45) is 0 Å². The van der Waals surface area contributed by atoms with Crippen LogP contribution in [-0.4, -0.2) is 26.1 Å². The first-order valence-corrected chi connectivity index (χ1v) is 5.08. The summed E-state index contributed by atoms with van der Waals surface area (Å²) in [6.07, 6.45) is -0.290. The molecule has 92 valence electrons. The van der Waals surface area contributed by atoms with Crippen molar-refractivity contribution in [3.05, 3.63) is 23.8 Å². The van der Waals surface area contributed by atoms with Crippen LogP contribution < -0.4 is 10.1 Å². The number of hydrogen-bond acceptors (Lipinski definition) is 4. The van der Waals surface area contributed by atoms with Gasteiger partial charge in [-0.2, -0.15) is 0 Å². The molecule has 0 unspecified atom stereocenters. The lowest BCUT2D eigenvalue weighted by Gasteiger charge is -2.08. The second-order valence-corrected chi connectivity index (χ2v) is 3.49. The number of methoxy groups -OCH3 is 2. The van der Waals surface area contributed by atoms with E-state index in [1.807, 2.05) is 6.92 Å². The number of hydrogen-bond donors (Lipinski definition) is 1. The van der Waals surface area contributed by atoms with Crippen LogP contribution in [0.25, 0.3) is 0 Å². The van der Waals surface area contributed by atoms with Crippen molar-refractivity contribution < 1.29 is 19.1 Å². The summed E-state index contributed by atoms with van der Waals surface area (Å²) < 4.78 is 9.50. The second-order valence-electron chi connectivity index (χ2n) is 3.49. The van der Waals surface area contributed by atoms with Gasteiger partial charge in [-0.3, -0.25) is 9.59 Å². The fraction of sp³-hybridized carbons (Fsp3) is 0.333. The Bertz CT molecular complexity index is 429. The van der Waals surface area contributed by atoms with Crippen molar-refractivity contribution in [2.75, 3.05) is 19.5 Å². The lowest BCUT2D eigenvalue weighted by molar-refractivity contribution is -0.142. The largest absolute Gasteiger partial charge is 0.496 e. The predicted molar refractivity (Wildman–Crippen MR) is 63.0 cm³/mol. The van der Waals surface area contributed by atoms with Gasteiger partial charge in [-0.1, -0.05) is 0 Å². The monoisotopic (exact) mass is 237 g/mol. The predicted octanol–water partition coefficient (Wildman–Crippen LogP) is 1.51. The first kappa shape index (κ1) is 13.0. The SMILES string of the molecule is COC(=O)CC(=O)Nc1ccc(OC)c(C)c1. The number of anilines is 1. The molecule has 0 aliphatic carbocycles. The van der Waals surface area contributed by atoms with Gasteiger partial charge in [-0.15, -0.1) is 0 Å². The Morgan fingerprint density at radius 2 is 2.00 bits per heavy atom. The lowest BCUT2D eigenvalue weighted by atomic mass is 10.2. The molecule has 5 nitrogen and oxygen atoms in total. The molecule has 0 aliphatic rings. The van der Waals surface area contributed by atoms with Crippen LogP contribution in [0, 0.1) is 6.92 Å². The molecule has 0 atom stereocenters. The summed E-state index contributed by atoms with van der Waals surface area (Å²) in [6, 6.07) is 5.23. The Morgan fingerprint density at radius 3 is 2.53 bits per heavy atom. The van der Waals surface area contributed by atoms with Crippen LogP contribution in [0.5, 0.6) is 5.75 Å². The van der Waals surface area contributed by atoms with Crippen LogP contribution in [0.3, 0.4) is 0 Å². The molecule has 0 aliphatic heterocycles. The molecule has 1 amide bonds. The number of ether oxygens (including phenoxy) is 2. The van der Waals surface area contributed by atoms with Gasteiger partial charge in [-0.25, -0.2) is 0 Å². The zero-order chi connectivity index (χ0) is 12.8. The van der Waals surface area contributed by atoms with Gasteiger partial charge < -0.3 is 14.8 Å². The van der Waals surface area contributed by atoms with E-state index in [0.29, 0.717) is 5.69 Å². The van der Waals surface area contributed by atoms with Gasteiger partial charge in [0.15, 0.2) is 0 Å². The highest BCUT2D eigenvalue weighted by Gasteiger charge is 2.10. The fourth-order valence-electron chi connectivity index (χ4n) is 1.36. The first-order valence-electron chi connectivity index (χ1n) is 5.08. The third-order valence-electron chi connectivity index (χ3n) is 2.21. The minimum Gasteiger partial charge on any atom is -0.496 e. The van der Waals surface area contributed by atoms with E-state index in [9.17, 15) is 9.59 Å². The van der Waals surface area contributed by atoms with Gasteiger partial charge in [0.25, 0.3) is 0 Å².